The topological polar surface area (TPSA) is 52.2 Å². The Labute approximate surface area is 191 Å². The molecule has 4 heteroatoms. The number of hydrogen-bond acceptors (Lipinski definition) is 3. The van der Waals surface area contributed by atoms with E-state index >= 15 is 0 Å². The average molecular weight is 432 g/mol. The van der Waals surface area contributed by atoms with Crippen LogP contribution < -0.4 is 5.43 Å². The molecular formula is C28H33NO3. The van der Waals surface area contributed by atoms with E-state index in [1.165, 1.54) is 24.5 Å². The molecule has 32 heavy (non-hydrogen) atoms. The summed E-state index contributed by atoms with van der Waals surface area (Å²) in [5.74, 6) is 0.538. The number of rotatable bonds is 8. The number of nitrogens with zero attached hydrogens (tertiary/aromatic N) is 1. The number of hydrogen-bond donors (Lipinski definition) is 0. The molecule has 0 bridgehead atoms. The molecule has 0 radical (unpaired) electrons. The van der Waals surface area contributed by atoms with Crippen molar-refractivity contribution in [1.82, 2.24) is 4.57 Å². The SMILES string of the molecule is C=CC(=O)c1cn(C(CC)C(C)C)c(C2=C(c3ccoc3)C(C3CC3)=CCC=C2)cc1=O.[HH]. The van der Waals surface area contributed by atoms with E-state index in [1.54, 1.807) is 24.8 Å². The van der Waals surface area contributed by atoms with Gasteiger partial charge in [0.15, 0.2) is 11.2 Å². The Bertz CT molecular complexity index is 1170. The van der Waals surface area contributed by atoms with Gasteiger partial charge in [0, 0.05) is 30.9 Å². The minimum Gasteiger partial charge on any atom is -0.472 e. The third-order valence-electron chi connectivity index (χ3n) is 6.49. The first kappa shape index (κ1) is 22.1. The molecule has 0 saturated heterocycles. The van der Waals surface area contributed by atoms with Gasteiger partial charge in [-0.15, -0.1) is 0 Å². The smallest absolute Gasteiger partial charge is 0.193 e. The van der Waals surface area contributed by atoms with Crippen LogP contribution in [0, 0.1) is 11.8 Å². The number of furan rings is 1. The summed E-state index contributed by atoms with van der Waals surface area (Å²) in [4.78, 5) is 25.5. The van der Waals surface area contributed by atoms with Crippen LogP contribution in [0.25, 0.3) is 11.1 Å². The Hall–Kier alpha value is -3.14. The predicted octanol–water partition coefficient (Wildman–Crippen LogP) is 6.87. The van der Waals surface area contributed by atoms with Crippen LogP contribution in [0.3, 0.4) is 0 Å². The van der Waals surface area contributed by atoms with Gasteiger partial charge < -0.3 is 8.98 Å². The van der Waals surface area contributed by atoms with Crippen LogP contribution in [-0.4, -0.2) is 10.4 Å². The van der Waals surface area contributed by atoms with Crippen molar-refractivity contribution in [2.24, 2.45) is 11.8 Å². The van der Waals surface area contributed by atoms with E-state index in [4.69, 9.17) is 4.42 Å². The van der Waals surface area contributed by atoms with Gasteiger partial charge in [-0.1, -0.05) is 45.6 Å². The van der Waals surface area contributed by atoms with Crippen LogP contribution in [0.15, 0.2) is 76.5 Å². The number of carbonyl (C=O) groups excluding carboxylic acids is 1. The van der Waals surface area contributed by atoms with Gasteiger partial charge in [0.25, 0.3) is 0 Å². The Balaban J connectivity index is 0.00000306. The second kappa shape index (κ2) is 9.15. The quantitative estimate of drug-likeness (QED) is 0.338. The average Bonchev–Trinajstić information content (AvgIpc) is 3.52. The van der Waals surface area contributed by atoms with E-state index in [0.717, 1.165) is 35.2 Å². The van der Waals surface area contributed by atoms with E-state index < -0.39 is 0 Å². The molecule has 1 fully saturated rings. The molecule has 0 spiro atoms. The molecule has 2 aliphatic rings. The third kappa shape index (κ3) is 4.14. The van der Waals surface area contributed by atoms with Crippen molar-refractivity contribution in [2.75, 3.05) is 0 Å². The molecule has 0 amide bonds. The van der Waals surface area contributed by atoms with E-state index in [9.17, 15) is 9.59 Å². The first-order valence-electron chi connectivity index (χ1n) is 11.5. The van der Waals surface area contributed by atoms with Crippen LogP contribution in [0.1, 0.15) is 75.5 Å². The normalized spacial score (nSPS) is 17.3. The zero-order valence-corrected chi connectivity index (χ0v) is 19.1. The minimum atomic E-state index is -0.340. The number of allylic oxidation sites excluding steroid dienone is 7. The molecule has 2 heterocycles. The van der Waals surface area contributed by atoms with Gasteiger partial charge in [0.1, 0.15) is 0 Å². The number of carbonyl (C=O) groups is 1. The Morgan fingerprint density at radius 3 is 2.75 bits per heavy atom. The molecule has 0 aromatic carbocycles. The molecule has 1 saturated carbocycles. The lowest BCUT2D eigenvalue weighted by atomic mass is 9.89. The molecular weight excluding hydrogens is 398 g/mol. The molecule has 4 nitrogen and oxygen atoms in total. The van der Waals surface area contributed by atoms with Crippen molar-refractivity contribution < 1.29 is 10.6 Å². The van der Waals surface area contributed by atoms with Gasteiger partial charge in [-0.05, 0) is 60.8 Å². The van der Waals surface area contributed by atoms with Crippen molar-refractivity contribution in [3.8, 4) is 0 Å². The summed E-state index contributed by atoms with van der Waals surface area (Å²) >= 11 is 0. The second-order valence-corrected chi connectivity index (χ2v) is 9.00. The summed E-state index contributed by atoms with van der Waals surface area (Å²) in [6.45, 7) is 10.1. The van der Waals surface area contributed by atoms with Crippen molar-refractivity contribution >= 4 is 16.9 Å². The van der Waals surface area contributed by atoms with E-state index in [-0.39, 0.29) is 24.2 Å². The van der Waals surface area contributed by atoms with Gasteiger partial charge in [0.2, 0.25) is 0 Å². The summed E-state index contributed by atoms with van der Waals surface area (Å²) in [6, 6.07) is 3.77. The minimum absolute atomic E-state index is 0. The zero-order chi connectivity index (χ0) is 22.8. The maximum Gasteiger partial charge on any atom is 0.193 e. The monoisotopic (exact) mass is 431 g/mol. The van der Waals surface area contributed by atoms with E-state index in [1.807, 2.05) is 6.07 Å². The standard InChI is InChI=1S/C28H31NO3.H2/c1-5-24(18(3)4)29-16-23(26(30)6-2)27(31)15-25(29)22-10-8-7-9-21(19-11-12-19)28(22)20-13-14-32-17-20;/h6,8-10,13-19,24H,2,5,7,11-12H2,1,3-4H3;1H. The summed E-state index contributed by atoms with van der Waals surface area (Å²) in [5.41, 5.74) is 5.23. The Kier molecular flexibility index (Phi) is 6.31. The first-order chi connectivity index (χ1) is 15.5. The molecule has 1 atom stereocenters. The summed E-state index contributed by atoms with van der Waals surface area (Å²) in [7, 11) is 0. The maximum atomic E-state index is 13.1. The van der Waals surface area contributed by atoms with E-state index in [2.05, 4.69) is 50.1 Å². The van der Waals surface area contributed by atoms with Gasteiger partial charge in [-0.2, -0.15) is 0 Å². The highest BCUT2D eigenvalue weighted by Gasteiger charge is 2.32. The van der Waals surface area contributed by atoms with Crippen LogP contribution >= 0.6 is 0 Å². The van der Waals surface area contributed by atoms with Crippen molar-refractivity contribution in [3.63, 3.8) is 0 Å². The number of pyridine rings is 1. The molecule has 2 aromatic heterocycles. The lowest BCUT2D eigenvalue weighted by Gasteiger charge is -2.28. The highest BCUT2D eigenvalue weighted by atomic mass is 16.3. The lowest BCUT2D eigenvalue weighted by Crippen LogP contribution is -2.24. The summed E-state index contributed by atoms with van der Waals surface area (Å²) < 4.78 is 7.59. The van der Waals surface area contributed by atoms with Gasteiger partial charge in [-0.3, -0.25) is 9.59 Å². The largest absolute Gasteiger partial charge is 0.472 e. The van der Waals surface area contributed by atoms with Crippen molar-refractivity contribution in [2.45, 2.75) is 52.5 Å². The lowest BCUT2D eigenvalue weighted by molar-refractivity contribution is 0.104. The van der Waals surface area contributed by atoms with Crippen molar-refractivity contribution in [3.05, 3.63) is 94.4 Å². The third-order valence-corrected chi connectivity index (χ3v) is 6.49. The fourth-order valence-electron chi connectivity index (χ4n) is 4.75. The zero-order valence-electron chi connectivity index (χ0n) is 19.1. The molecule has 4 rings (SSSR count). The fourth-order valence-corrected chi connectivity index (χ4v) is 4.75. The molecule has 2 aromatic rings. The van der Waals surface area contributed by atoms with Crippen LogP contribution in [0.2, 0.25) is 0 Å². The van der Waals surface area contributed by atoms with Crippen LogP contribution in [-0.2, 0) is 0 Å². The van der Waals surface area contributed by atoms with Crippen LogP contribution in [0.5, 0.6) is 0 Å². The van der Waals surface area contributed by atoms with Gasteiger partial charge in [0.05, 0.1) is 23.8 Å². The summed E-state index contributed by atoms with van der Waals surface area (Å²) in [6.07, 6.45) is 17.1. The predicted molar refractivity (Wildman–Crippen MR) is 132 cm³/mol. The first-order valence-corrected chi connectivity index (χ1v) is 11.5. The Morgan fingerprint density at radius 1 is 1.38 bits per heavy atom. The molecule has 168 valence electrons. The number of aromatic nitrogens is 1. The fraction of sp³-hybridized carbons (Fsp3) is 0.357. The second-order valence-electron chi connectivity index (χ2n) is 9.00. The number of ketones is 1. The summed E-state index contributed by atoms with van der Waals surface area (Å²) in [5, 5.41) is 0. The van der Waals surface area contributed by atoms with Gasteiger partial charge >= 0.3 is 0 Å². The maximum absolute atomic E-state index is 13.1. The highest BCUT2D eigenvalue weighted by molar-refractivity contribution is 6.05. The molecule has 0 aliphatic heterocycles. The van der Waals surface area contributed by atoms with E-state index in [0.29, 0.717) is 11.8 Å². The van der Waals surface area contributed by atoms with Crippen molar-refractivity contribution in [1.29, 1.82) is 0 Å². The molecule has 2 aliphatic carbocycles. The van der Waals surface area contributed by atoms with Crippen LogP contribution in [0.4, 0.5) is 0 Å². The Morgan fingerprint density at radius 2 is 2.16 bits per heavy atom. The molecule has 1 unspecified atom stereocenters. The highest BCUT2D eigenvalue weighted by Crippen LogP contribution is 2.47. The van der Waals surface area contributed by atoms with Gasteiger partial charge in [-0.25, -0.2) is 0 Å². The molecule has 0 N–H and O–H groups in total.